The molecule has 4 rings (SSSR count). The lowest BCUT2D eigenvalue weighted by molar-refractivity contribution is -0.144. The average molecular weight is 393 g/mol. The summed E-state index contributed by atoms with van der Waals surface area (Å²) in [6.07, 6.45) is 9.54. The van der Waals surface area contributed by atoms with Crippen molar-refractivity contribution in [2.45, 2.75) is 63.5 Å². The molecule has 5 nitrogen and oxygen atoms in total. The quantitative estimate of drug-likeness (QED) is 0.766. The van der Waals surface area contributed by atoms with E-state index < -0.39 is 0 Å². The molecule has 1 aromatic rings. The Hall–Kier alpha value is -1.30. The van der Waals surface area contributed by atoms with Crippen molar-refractivity contribution >= 4 is 17.5 Å². The van der Waals surface area contributed by atoms with Gasteiger partial charge in [0.1, 0.15) is 11.9 Å². The van der Waals surface area contributed by atoms with E-state index in [0.29, 0.717) is 29.5 Å². The molecule has 1 aliphatic carbocycles. The number of hydroxylamine groups is 2. The standard InChI is InChI=1S/C21H29ClN2O3/c22-16-7-8-20(19(15-16)21(25)24-11-3-4-14-26-24)27-18-9-12-23(13-10-18)17-5-1-2-6-17/h7-8,15,17-18H,1-6,9-14H2. The molecule has 0 bridgehead atoms. The molecule has 1 saturated carbocycles. The van der Waals surface area contributed by atoms with Crippen molar-refractivity contribution in [3.05, 3.63) is 28.8 Å². The molecule has 6 heteroatoms. The van der Waals surface area contributed by atoms with Crippen LogP contribution in [0.3, 0.4) is 0 Å². The maximum atomic E-state index is 12.9. The first-order chi connectivity index (χ1) is 13.2. The summed E-state index contributed by atoms with van der Waals surface area (Å²) >= 11 is 6.16. The number of amides is 1. The normalized spacial score (nSPS) is 22.9. The lowest BCUT2D eigenvalue weighted by Crippen LogP contribution is -2.43. The predicted octanol–water partition coefficient (Wildman–Crippen LogP) is 4.29. The van der Waals surface area contributed by atoms with Crippen molar-refractivity contribution in [2.24, 2.45) is 0 Å². The predicted molar refractivity (Wildman–Crippen MR) is 105 cm³/mol. The van der Waals surface area contributed by atoms with Crippen LogP contribution in [-0.2, 0) is 4.84 Å². The molecule has 0 atom stereocenters. The van der Waals surface area contributed by atoms with Crippen molar-refractivity contribution in [1.82, 2.24) is 9.96 Å². The zero-order valence-electron chi connectivity index (χ0n) is 15.9. The van der Waals surface area contributed by atoms with Crippen LogP contribution >= 0.6 is 11.6 Å². The minimum atomic E-state index is -0.157. The van der Waals surface area contributed by atoms with Gasteiger partial charge in [-0.05, 0) is 56.7 Å². The molecule has 0 unspecified atom stereocenters. The van der Waals surface area contributed by atoms with Gasteiger partial charge >= 0.3 is 0 Å². The molecule has 2 saturated heterocycles. The van der Waals surface area contributed by atoms with Crippen molar-refractivity contribution in [3.8, 4) is 5.75 Å². The second-order valence-electron chi connectivity index (χ2n) is 7.88. The van der Waals surface area contributed by atoms with Gasteiger partial charge in [0.2, 0.25) is 0 Å². The van der Waals surface area contributed by atoms with Gasteiger partial charge in [-0.25, -0.2) is 5.06 Å². The second kappa shape index (κ2) is 8.80. The summed E-state index contributed by atoms with van der Waals surface area (Å²) in [6.45, 7) is 3.37. The smallest absolute Gasteiger partial charge is 0.281 e. The van der Waals surface area contributed by atoms with Gasteiger partial charge in [-0.1, -0.05) is 24.4 Å². The molecular weight excluding hydrogens is 364 g/mol. The number of likely N-dealkylation sites (tertiary alicyclic amines) is 1. The number of rotatable bonds is 4. The Morgan fingerprint density at radius 2 is 1.81 bits per heavy atom. The van der Waals surface area contributed by atoms with E-state index in [0.717, 1.165) is 44.8 Å². The van der Waals surface area contributed by atoms with Gasteiger partial charge in [0.15, 0.2) is 0 Å². The van der Waals surface area contributed by atoms with Crippen LogP contribution in [0.15, 0.2) is 18.2 Å². The Bertz CT molecular complexity index is 649. The molecule has 3 aliphatic rings. The van der Waals surface area contributed by atoms with Gasteiger partial charge in [-0.2, -0.15) is 0 Å². The number of piperidine rings is 1. The largest absolute Gasteiger partial charge is 0.489 e. The SMILES string of the molecule is O=C(c1cc(Cl)ccc1OC1CCN(C2CCCC2)CC1)N1CCCCO1. The Labute approximate surface area is 166 Å². The number of ether oxygens (including phenoxy) is 1. The van der Waals surface area contributed by atoms with Crippen molar-refractivity contribution in [3.63, 3.8) is 0 Å². The molecule has 2 heterocycles. The van der Waals surface area contributed by atoms with Gasteiger partial charge in [-0.3, -0.25) is 9.63 Å². The first-order valence-corrected chi connectivity index (χ1v) is 10.7. The fraction of sp³-hybridized carbons (Fsp3) is 0.667. The third-order valence-corrected chi connectivity index (χ3v) is 6.25. The Balaban J connectivity index is 1.40. The minimum absolute atomic E-state index is 0.151. The molecule has 1 aromatic carbocycles. The van der Waals surface area contributed by atoms with Crippen LogP contribution in [0.4, 0.5) is 0 Å². The van der Waals surface area contributed by atoms with Crippen LogP contribution in [0, 0.1) is 0 Å². The zero-order valence-corrected chi connectivity index (χ0v) is 16.6. The van der Waals surface area contributed by atoms with Crippen LogP contribution in [0.1, 0.15) is 61.7 Å². The summed E-state index contributed by atoms with van der Waals surface area (Å²) in [5.74, 6) is 0.466. The van der Waals surface area contributed by atoms with Crippen LogP contribution in [0.5, 0.6) is 5.75 Å². The minimum Gasteiger partial charge on any atom is -0.489 e. The Morgan fingerprint density at radius 1 is 1.04 bits per heavy atom. The molecule has 27 heavy (non-hydrogen) atoms. The summed E-state index contributed by atoms with van der Waals surface area (Å²) < 4.78 is 6.28. The zero-order chi connectivity index (χ0) is 18.6. The molecule has 148 valence electrons. The lowest BCUT2D eigenvalue weighted by Gasteiger charge is -2.36. The maximum absolute atomic E-state index is 12.9. The van der Waals surface area contributed by atoms with E-state index in [1.807, 2.05) is 6.07 Å². The number of carbonyl (C=O) groups is 1. The summed E-state index contributed by atoms with van der Waals surface area (Å²) in [5.41, 5.74) is 0.502. The summed E-state index contributed by atoms with van der Waals surface area (Å²) in [7, 11) is 0. The van der Waals surface area contributed by atoms with Crippen LogP contribution in [-0.4, -0.2) is 54.3 Å². The van der Waals surface area contributed by atoms with E-state index in [2.05, 4.69) is 4.90 Å². The van der Waals surface area contributed by atoms with E-state index in [-0.39, 0.29) is 12.0 Å². The highest BCUT2D eigenvalue weighted by molar-refractivity contribution is 6.31. The summed E-state index contributed by atoms with van der Waals surface area (Å²) in [5, 5.41) is 1.99. The molecule has 3 fully saturated rings. The van der Waals surface area contributed by atoms with Crippen molar-refractivity contribution < 1.29 is 14.4 Å². The van der Waals surface area contributed by atoms with Gasteiger partial charge in [0, 0.05) is 30.7 Å². The van der Waals surface area contributed by atoms with E-state index in [1.54, 1.807) is 12.1 Å². The highest BCUT2D eigenvalue weighted by Crippen LogP contribution is 2.30. The number of hydrogen-bond acceptors (Lipinski definition) is 4. The van der Waals surface area contributed by atoms with Crippen LogP contribution in [0.25, 0.3) is 0 Å². The van der Waals surface area contributed by atoms with Crippen LogP contribution < -0.4 is 4.74 Å². The van der Waals surface area contributed by atoms with E-state index >= 15 is 0 Å². The molecular formula is C21H29ClN2O3. The fourth-order valence-electron chi connectivity index (χ4n) is 4.47. The van der Waals surface area contributed by atoms with Gasteiger partial charge in [0.05, 0.1) is 12.2 Å². The van der Waals surface area contributed by atoms with Gasteiger partial charge < -0.3 is 9.64 Å². The van der Waals surface area contributed by atoms with Gasteiger partial charge in [-0.15, -0.1) is 0 Å². The van der Waals surface area contributed by atoms with Crippen molar-refractivity contribution in [2.75, 3.05) is 26.2 Å². The number of nitrogens with zero attached hydrogens (tertiary/aromatic N) is 2. The highest BCUT2D eigenvalue weighted by Gasteiger charge is 2.29. The Morgan fingerprint density at radius 3 is 2.52 bits per heavy atom. The topological polar surface area (TPSA) is 42.0 Å². The summed E-state index contributed by atoms with van der Waals surface area (Å²) in [6, 6.07) is 6.08. The van der Waals surface area contributed by atoms with Crippen LogP contribution in [0.2, 0.25) is 5.02 Å². The molecule has 0 aromatic heterocycles. The lowest BCUT2D eigenvalue weighted by atomic mass is 10.0. The van der Waals surface area contributed by atoms with Gasteiger partial charge in [0.25, 0.3) is 5.91 Å². The molecule has 0 N–H and O–H groups in total. The second-order valence-corrected chi connectivity index (χ2v) is 8.32. The van der Waals surface area contributed by atoms with E-state index in [4.69, 9.17) is 21.2 Å². The fourth-order valence-corrected chi connectivity index (χ4v) is 4.64. The maximum Gasteiger partial charge on any atom is 0.281 e. The average Bonchev–Trinajstić information content (AvgIpc) is 3.25. The van der Waals surface area contributed by atoms with E-state index in [1.165, 1.54) is 30.7 Å². The monoisotopic (exact) mass is 392 g/mol. The highest BCUT2D eigenvalue weighted by atomic mass is 35.5. The first kappa shape index (κ1) is 19.0. The number of halogens is 1. The number of carbonyl (C=O) groups excluding carboxylic acids is 1. The molecule has 0 radical (unpaired) electrons. The first-order valence-electron chi connectivity index (χ1n) is 10.4. The summed E-state index contributed by atoms with van der Waals surface area (Å²) in [4.78, 5) is 21.1. The molecule has 2 aliphatic heterocycles. The molecule has 0 spiro atoms. The van der Waals surface area contributed by atoms with E-state index in [9.17, 15) is 4.79 Å². The number of benzene rings is 1. The van der Waals surface area contributed by atoms with Crippen molar-refractivity contribution in [1.29, 1.82) is 0 Å². The molecule has 1 amide bonds. The Kier molecular flexibility index (Phi) is 6.21. The third kappa shape index (κ3) is 4.58. The number of hydrogen-bond donors (Lipinski definition) is 0. The third-order valence-electron chi connectivity index (χ3n) is 6.01.